The van der Waals surface area contributed by atoms with E-state index in [1.165, 1.54) is 11.3 Å². The lowest BCUT2D eigenvalue weighted by molar-refractivity contribution is 0.100. The monoisotopic (exact) mass is 200 g/mol. The highest BCUT2D eigenvalue weighted by Crippen LogP contribution is 2.13. The third-order valence-corrected chi connectivity index (χ3v) is 2.46. The van der Waals surface area contributed by atoms with Crippen molar-refractivity contribution in [3.63, 3.8) is 0 Å². The van der Waals surface area contributed by atoms with Gasteiger partial charge in [-0.2, -0.15) is 0 Å². The van der Waals surface area contributed by atoms with E-state index in [0.717, 1.165) is 4.88 Å². The second-order valence-electron chi connectivity index (χ2n) is 2.57. The fraction of sp³-hybridized carbons (Fsp3) is 0.375. The van der Waals surface area contributed by atoms with Crippen molar-refractivity contribution in [1.82, 2.24) is 5.32 Å². The Morgan fingerprint density at radius 2 is 2.46 bits per heavy atom. The molecular formula is C8H12N2O2S. The SMILES string of the molecule is NC(=O)c1csc(CNCCO)c1. The van der Waals surface area contributed by atoms with Crippen LogP contribution >= 0.6 is 11.3 Å². The zero-order chi connectivity index (χ0) is 9.68. The zero-order valence-electron chi connectivity index (χ0n) is 7.12. The molecular weight excluding hydrogens is 188 g/mol. The maximum atomic E-state index is 10.7. The van der Waals surface area contributed by atoms with Crippen LogP contribution in [-0.2, 0) is 6.54 Å². The highest BCUT2D eigenvalue weighted by atomic mass is 32.1. The molecule has 1 heterocycles. The van der Waals surface area contributed by atoms with Crippen LogP contribution in [0.25, 0.3) is 0 Å². The summed E-state index contributed by atoms with van der Waals surface area (Å²) >= 11 is 1.48. The number of hydrogen-bond donors (Lipinski definition) is 3. The van der Waals surface area contributed by atoms with Crippen LogP contribution in [0, 0.1) is 0 Å². The molecule has 0 fully saturated rings. The Morgan fingerprint density at radius 3 is 3.00 bits per heavy atom. The number of hydrogen-bond acceptors (Lipinski definition) is 4. The van der Waals surface area contributed by atoms with Crippen molar-refractivity contribution >= 4 is 17.2 Å². The van der Waals surface area contributed by atoms with Gasteiger partial charge in [-0.1, -0.05) is 0 Å². The van der Waals surface area contributed by atoms with Crippen LogP contribution in [0.3, 0.4) is 0 Å². The van der Waals surface area contributed by atoms with E-state index in [4.69, 9.17) is 10.8 Å². The standard InChI is InChI=1S/C8H12N2O2S/c9-8(12)6-3-7(13-5-6)4-10-1-2-11/h3,5,10-11H,1-2,4H2,(H2,9,12). The number of thiophene rings is 1. The maximum Gasteiger partial charge on any atom is 0.249 e. The van der Waals surface area contributed by atoms with E-state index in [0.29, 0.717) is 18.7 Å². The van der Waals surface area contributed by atoms with E-state index in [9.17, 15) is 4.79 Å². The Balaban J connectivity index is 2.44. The van der Waals surface area contributed by atoms with Crippen LogP contribution in [0.4, 0.5) is 0 Å². The molecule has 0 aliphatic carbocycles. The quantitative estimate of drug-likeness (QED) is 0.582. The molecule has 1 rings (SSSR count). The van der Waals surface area contributed by atoms with Gasteiger partial charge in [-0.15, -0.1) is 11.3 Å². The molecule has 0 radical (unpaired) electrons. The van der Waals surface area contributed by atoms with Crippen LogP contribution in [0.5, 0.6) is 0 Å². The molecule has 0 aliphatic rings. The number of rotatable bonds is 5. The molecule has 1 amide bonds. The minimum Gasteiger partial charge on any atom is -0.395 e. The molecule has 0 bridgehead atoms. The van der Waals surface area contributed by atoms with Crippen LogP contribution in [0.15, 0.2) is 11.4 Å². The molecule has 0 atom stereocenters. The second-order valence-corrected chi connectivity index (χ2v) is 3.56. The van der Waals surface area contributed by atoms with Gasteiger partial charge in [-0.05, 0) is 6.07 Å². The predicted octanol–water partition coefficient (Wildman–Crippen LogP) is -0.0711. The fourth-order valence-electron chi connectivity index (χ4n) is 0.893. The number of aliphatic hydroxyl groups is 1. The van der Waals surface area contributed by atoms with Crippen LogP contribution in [0.2, 0.25) is 0 Å². The molecule has 4 nitrogen and oxygen atoms in total. The van der Waals surface area contributed by atoms with Crippen molar-refractivity contribution in [1.29, 1.82) is 0 Å². The van der Waals surface area contributed by atoms with Crippen LogP contribution in [-0.4, -0.2) is 24.2 Å². The number of aliphatic hydroxyl groups excluding tert-OH is 1. The number of nitrogens with one attached hydrogen (secondary N) is 1. The topological polar surface area (TPSA) is 75.4 Å². The van der Waals surface area contributed by atoms with Gasteiger partial charge in [0.2, 0.25) is 5.91 Å². The summed E-state index contributed by atoms with van der Waals surface area (Å²) in [6, 6.07) is 1.76. The van der Waals surface area contributed by atoms with Gasteiger partial charge in [0.1, 0.15) is 0 Å². The lowest BCUT2D eigenvalue weighted by Gasteiger charge is -1.97. The Morgan fingerprint density at radius 1 is 1.69 bits per heavy atom. The van der Waals surface area contributed by atoms with Gasteiger partial charge < -0.3 is 16.2 Å². The fourth-order valence-corrected chi connectivity index (χ4v) is 1.74. The smallest absolute Gasteiger partial charge is 0.249 e. The molecule has 13 heavy (non-hydrogen) atoms. The summed E-state index contributed by atoms with van der Waals surface area (Å²) in [5.41, 5.74) is 5.64. The van der Waals surface area contributed by atoms with E-state index in [-0.39, 0.29) is 6.61 Å². The Bertz CT molecular complexity index is 285. The van der Waals surface area contributed by atoms with E-state index in [1.54, 1.807) is 11.4 Å². The first kappa shape index (κ1) is 10.2. The number of nitrogens with two attached hydrogens (primary N) is 1. The summed E-state index contributed by atoms with van der Waals surface area (Å²) in [7, 11) is 0. The van der Waals surface area contributed by atoms with Gasteiger partial charge in [0, 0.05) is 23.3 Å². The van der Waals surface area contributed by atoms with Crippen molar-refractivity contribution in [3.8, 4) is 0 Å². The predicted molar refractivity (Wildman–Crippen MR) is 51.6 cm³/mol. The summed E-state index contributed by atoms with van der Waals surface area (Å²) in [5, 5.41) is 13.3. The van der Waals surface area contributed by atoms with Crippen molar-refractivity contribution in [2.45, 2.75) is 6.54 Å². The maximum absolute atomic E-state index is 10.7. The van der Waals surface area contributed by atoms with Crippen molar-refractivity contribution in [3.05, 3.63) is 21.9 Å². The van der Waals surface area contributed by atoms with E-state index < -0.39 is 5.91 Å². The Labute approximate surface area is 80.4 Å². The third-order valence-electron chi connectivity index (χ3n) is 1.53. The van der Waals surface area contributed by atoms with Crippen LogP contribution < -0.4 is 11.1 Å². The van der Waals surface area contributed by atoms with E-state index >= 15 is 0 Å². The second kappa shape index (κ2) is 4.96. The largest absolute Gasteiger partial charge is 0.395 e. The van der Waals surface area contributed by atoms with E-state index in [2.05, 4.69) is 5.32 Å². The number of primary amides is 1. The highest BCUT2D eigenvalue weighted by molar-refractivity contribution is 7.10. The lowest BCUT2D eigenvalue weighted by Crippen LogP contribution is -2.16. The van der Waals surface area contributed by atoms with Gasteiger partial charge in [-0.25, -0.2) is 0 Å². The number of carbonyl (C=O) groups excluding carboxylic acids is 1. The van der Waals surface area contributed by atoms with Crippen molar-refractivity contribution in [2.24, 2.45) is 5.73 Å². The first-order chi connectivity index (χ1) is 6.24. The average molecular weight is 200 g/mol. The minimum atomic E-state index is -0.398. The third kappa shape index (κ3) is 3.14. The van der Waals surface area contributed by atoms with Gasteiger partial charge in [-0.3, -0.25) is 4.79 Å². The van der Waals surface area contributed by atoms with Gasteiger partial charge in [0.15, 0.2) is 0 Å². The summed E-state index contributed by atoms with van der Waals surface area (Å²) in [4.78, 5) is 11.8. The molecule has 0 aliphatic heterocycles. The molecule has 0 saturated heterocycles. The molecule has 0 aromatic carbocycles. The number of carbonyl (C=O) groups is 1. The van der Waals surface area contributed by atoms with Gasteiger partial charge >= 0.3 is 0 Å². The summed E-state index contributed by atoms with van der Waals surface area (Å²) in [6.45, 7) is 1.34. The highest BCUT2D eigenvalue weighted by Gasteiger charge is 2.03. The minimum absolute atomic E-state index is 0.119. The number of amides is 1. The molecule has 72 valence electrons. The molecule has 0 unspecified atom stereocenters. The first-order valence-corrected chi connectivity index (χ1v) is 4.81. The Kier molecular flexibility index (Phi) is 3.88. The molecule has 1 aromatic heterocycles. The molecule has 1 aromatic rings. The average Bonchev–Trinajstić information content (AvgIpc) is 2.53. The van der Waals surface area contributed by atoms with Gasteiger partial charge in [0.05, 0.1) is 12.2 Å². The van der Waals surface area contributed by atoms with Crippen molar-refractivity contribution in [2.75, 3.05) is 13.2 Å². The van der Waals surface area contributed by atoms with Crippen molar-refractivity contribution < 1.29 is 9.90 Å². The summed E-state index contributed by atoms with van der Waals surface area (Å²) < 4.78 is 0. The molecule has 0 saturated carbocycles. The molecule has 0 spiro atoms. The normalized spacial score (nSPS) is 10.2. The lowest BCUT2D eigenvalue weighted by atomic mass is 10.3. The van der Waals surface area contributed by atoms with E-state index in [1.807, 2.05) is 0 Å². The summed E-state index contributed by atoms with van der Waals surface area (Å²) in [5.74, 6) is -0.398. The molecule has 4 N–H and O–H groups in total. The zero-order valence-corrected chi connectivity index (χ0v) is 7.93. The molecule has 5 heteroatoms. The summed E-state index contributed by atoms with van der Waals surface area (Å²) in [6.07, 6.45) is 0. The Hall–Kier alpha value is -0.910. The van der Waals surface area contributed by atoms with Gasteiger partial charge in [0.25, 0.3) is 0 Å². The van der Waals surface area contributed by atoms with Crippen LogP contribution in [0.1, 0.15) is 15.2 Å². The first-order valence-electron chi connectivity index (χ1n) is 3.93.